The average Bonchev–Trinajstić information content (AvgIpc) is 1.23. The predicted octanol–water partition coefficient (Wildman–Crippen LogP) is 1.62. The van der Waals surface area contributed by atoms with Crippen molar-refractivity contribution in [1.82, 2.24) is 4.42 Å². The van der Waals surface area contributed by atoms with E-state index >= 15 is 0 Å². The van der Waals surface area contributed by atoms with Crippen molar-refractivity contribution in [1.29, 1.82) is 0 Å². The van der Waals surface area contributed by atoms with E-state index in [0.717, 1.165) is 0 Å². The second-order valence-corrected chi connectivity index (χ2v) is 2.64. The van der Waals surface area contributed by atoms with E-state index < -0.39 is 0 Å². The molecule has 0 bridgehead atoms. The van der Waals surface area contributed by atoms with Crippen LogP contribution in [-0.4, -0.2) is 17.5 Å². The van der Waals surface area contributed by atoms with Crippen molar-refractivity contribution in [2.24, 2.45) is 0 Å². The van der Waals surface area contributed by atoms with Crippen LogP contribution in [0.2, 0.25) is 0 Å². The summed E-state index contributed by atoms with van der Waals surface area (Å²) in [6.07, 6.45) is 3.95. The van der Waals surface area contributed by atoms with E-state index in [0.29, 0.717) is 6.04 Å². The normalized spacial score (nSPS) is 22.7. The molecule has 0 aromatic rings. The van der Waals surface area contributed by atoms with Gasteiger partial charge < -0.3 is 0 Å². The minimum absolute atomic E-state index is 0.682. The Hall–Kier alpha value is 0.250. The molecule has 1 fully saturated rings. The van der Waals surface area contributed by atoms with E-state index in [9.17, 15) is 0 Å². The quantitative estimate of drug-likeness (QED) is 0.475. The summed E-state index contributed by atoms with van der Waals surface area (Å²) in [5.74, 6) is 0. The largest absolute Gasteiger partial charge is 0.220 e. The standard InChI is InChI=1S/C5H10ClN/c1-7(6)5-3-2-4-5/h5H,2-4H2,1H3. The van der Waals surface area contributed by atoms with Gasteiger partial charge in [0.25, 0.3) is 0 Å². The van der Waals surface area contributed by atoms with E-state index in [-0.39, 0.29) is 0 Å². The maximum Gasteiger partial charge on any atom is 0.0248 e. The third-order valence-corrected chi connectivity index (χ3v) is 1.85. The third-order valence-electron chi connectivity index (χ3n) is 1.58. The second kappa shape index (κ2) is 2.01. The van der Waals surface area contributed by atoms with Crippen molar-refractivity contribution in [3.8, 4) is 0 Å². The summed E-state index contributed by atoms with van der Waals surface area (Å²) in [6, 6.07) is 0.682. The summed E-state index contributed by atoms with van der Waals surface area (Å²) >= 11 is 5.61. The number of hydrogen-bond donors (Lipinski definition) is 0. The molecular weight excluding hydrogens is 110 g/mol. The van der Waals surface area contributed by atoms with Gasteiger partial charge in [0, 0.05) is 13.1 Å². The summed E-state index contributed by atoms with van der Waals surface area (Å²) in [6.45, 7) is 0. The van der Waals surface area contributed by atoms with E-state index in [1.54, 1.807) is 4.42 Å². The fourth-order valence-corrected chi connectivity index (χ4v) is 0.938. The Kier molecular flexibility index (Phi) is 1.55. The summed E-state index contributed by atoms with van der Waals surface area (Å²) < 4.78 is 1.78. The molecular formula is C5H10ClN. The van der Waals surface area contributed by atoms with Gasteiger partial charge in [0.15, 0.2) is 0 Å². The minimum atomic E-state index is 0.682. The second-order valence-electron chi connectivity index (χ2n) is 2.11. The molecule has 0 saturated heterocycles. The number of hydrogen-bond acceptors (Lipinski definition) is 1. The zero-order chi connectivity index (χ0) is 5.28. The first-order valence-corrected chi connectivity index (χ1v) is 3.03. The molecule has 0 aromatic heterocycles. The van der Waals surface area contributed by atoms with Gasteiger partial charge in [-0.1, -0.05) is 6.42 Å². The van der Waals surface area contributed by atoms with E-state index in [1.807, 2.05) is 7.05 Å². The van der Waals surface area contributed by atoms with Crippen LogP contribution in [0, 0.1) is 0 Å². The highest BCUT2D eigenvalue weighted by Gasteiger charge is 2.19. The van der Waals surface area contributed by atoms with Gasteiger partial charge in [-0.2, -0.15) is 0 Å². The lowest BCUT2D eigenvalue weighted by atomic mass is 9.94. The molecule has 0 heterocycles. The van der Waals surface area contributed by atoms with Gasteiger partial charge in [-0.3, -0.25) is 0 Å². The van der Waals surface area contributed by atoms with Crippen molar-refractivity contribution in [2.45, 2.75) is 25.3 Å². The zero-order valence-corrected chi connectivity index (χ0v) is 5.28. The molecule has 0 spiro atoms. The molecule has 1 aliphatic rings. The highest BCUT2D eigenvalue weighted by Crippen LogP contribution is 2.24. The summed E-state index contributed by atoms with van der Waals surface area (Å²) in [4.78, 5) is 0. The molecule has 1 nitrogen and oxygen atoms in total. The lowest BCUT2D eigenvalue weighted by Gasteiger charge is -2.29. The van der Waals surface area contributed by atoms with Crippen LogP contribution in [-0.2, 0) is 0 Å². The van der Waals surface area contributed by atoms with Crippen molar-refractivity contribution in [2.75, 3.05) is 7.05 Å². The Balaban J connectivity index is 2.14. The Morgan fingerprint density at radius 2 is 2.14 bits per heavy atom. The van der Waals surface area contributed by atoms with Gasteiger partial charge in [-0.15, -0.1) is 0 Å². The molecule has 2 heteroatoms. The molecule has 0 N–H and O–H groups in total. The van der Waals surface area contributed by atoms with E-state index in [4.69, 9.17) is 11.8 Å². The van der Waals surface area contributed by atoms with Crippen LogP contribution in [0.5, 0.6) is 0 Å². The SMILES string of the molecule is CN(Cl)C1CCC1. The molecule has 0 radical (unpaired) electrons. The Labute approximate surface area is 49.4 Å². The molecule has 42 valence electrons. The van der Waals surface area contributed by atoms with Crippen molar-refractivity contribution in [3.05, 3.63) is 0 Å². The molecule has 1 rings (SSSR count). The highest BCUT2D eigenvalue weighted by atomic mass is 35.5. The summed E-state index contributed by atoms with van der Waals surface area (Å²) in [5, 5.41) is 0. The molecule has 1 aliphatic carbocycles. The fourth-order valence-electron chi connectivity index (χ4n) is 0.742. The summed E-state index contributed by atoms with van der Waals surface area (Å²) in [7, 11) is 1.92. The summed E-state index contributed by atoms with van der Waals surface area (Å²) in [5.41, 5.74) is 0. The molecule has 0 aromatic carbocycles. The van der Waals surface area contributed by atoms with Gasteiger partial charge in [0.2, 0.25) is 0 Å². The van der Waals surface area contributed by atoms with Gasteiger partial charge in [-0.25, -0.2) is 4.42 Å². The van der Waals surface area contributed by atoms with Gasteiger partial charge >= 0.3 is 0 Å². The third kappa shape index (κ3) is 1.07. The monoisotopic (exact) mass is 119 g/mol. The number of halogens is 1. The first kappa shape index (κ1) is 5.39. The molecule has 1 saturated carbocycles. The Morgan fingerprint density at radius 3 is 2.14 bits per heavy atom. The number of nitrogens with zero attached hydrogens (tertiary/aromatic N) is 1. The zero-order valence-electron chi connectivity index (χ0n) is 4.52. The minimum Gasteiger partial charge on any atom is -0.220 e. The van der Waals surface area contributed by atoms with Crippen LogP contribution in [0.1, 0.15) is 19.3 Å². The molecule has 0 amide bonds. The van der Waals surface area contributed by atoms with Crippen LogP contribution in [0.15, 0.2) is 0 Å². The van der Waals surface area contributed by atoms with Gasteiger partial charge in [0.05, 0.1) is 0 Å². The van der Waals surface area contributed by atoms with Crippen LogP contribution in [0.3, 0.4) is 0 Å². The van der Waals surface area contributed by atoms with Crippen LogP contribution < -0.4 is 0 Å². The van der Waals surface area contributed by atoms with Crippen LogP contribution >= 0.6 is 11.8 Å². The Morgan fingerprint density at radius 1 is 1.57 bits per heavy atom. The topological polar surface area (TPSA) is 3.24 Å². The maximum atomic E-state index is 5.61. The first-order valence-electron chi connectivity index (χ1n) is 2.69. The molecule has 0 unspecified atom stereocenters. The Bertz CT molecular complexity index is 59.1. The predicted molar refractivity (Wildman–Crippen MR) is 31.3 cm³/mol. The maximum absolute atomic E-state index is 5.61. The van der Waals surface area contributed by atoms with E-state index in [2.05, 4.69) is 0 Å². The molecule has 0 atom stereocenters. The number of rotatable bonds is 1. The van der Waals surface area contributed by atoms with Crippen molar-refractivity contribution in [3.63, 3.8) is 0 Å². The molecule has 0 aliphatic heterocycles. The lowest BCUT2D eigenvalue weighted by molar-refractivity contribution is 0.259. The first-order chi connectivity index (χ1) is 3.30. The average molecular weight is 120 g/mol. The van der Waals surface area contributed by atoms with Gasteiger partial charge in [-0.05, 0) is 24.6 Å². The smallest absolute Gasteiger partial charge is 0.0248 e. The van der Waals surface area contributed by atoms with Crippen molar-refractivity contribution < 1.29 is 0 Å². The van der Waals surface area contributed by atoms with Crippen LogP contribution in [0.4, 0.5) is 0 Å². The fraction of sp³-hybridized carbons (Fsp3) is 1.00. The van der Waals surface area contributed by atoms with Crippen molar-refractivity contribution >= 4 is 11.8 Å². The highest BCUT2D eigenvalue weighted by molar-refractivity contribution is 6.13. The lowest BCUT2D eigenvalue weighted by Crippen LogP contribution is -2.30. The van der Waals surface area contributed by atoms with Gasteiger partial charge in [0.1, 0.15) is 0 Å². The van der Waals surface area contributed by atoms with Crippen LogP contribution in [0.25, 0.3) is 0 Å². The molecule has 7 heavy (non-hydrogen) atoms. The van der Waals surface area contributed by atoms with E-state index in [1.165, 1.54) is 19.3 Å².